The Morgan fingerprint density at radius 3 is 2.50 bits per heavy atom. The number of hydrogen-bond acceptors (Lipinski definition) is 4. The standard InChI is InChI=1S/C10H18N2O2/c1-2-3-4-12-10(7-11)8-13-5-6-14-9-10/h12H,4-9,11H2,1H3. The van der Waals surface area contributed by atoms with Crippen LogP contribution in [0.3, 0.4) is 0 Å². The fraction of sp³-hybridized carbons (Fsp3) is 0.800. The summed E-state index contributed by atoms with van der Waals surface area (Å²) in [6.45, 7) is 5.41. The maximum atomic E-state index is 5.72. The maximum Gasteiger partial charge on any atom is 0.0784 e. The van der Waals surface area contributed by atoms with Crippen molar-refractivity contribution in [3.63, 3.8) is 0 Å². The van der Waals surface area contributed by atoms with Crippen molar-refractivity contribution in [2.24, 2.45) is 5.73 Å². The Hall–Kier alpha value is -0.600. The average molecular weight is 198 g/mol. The molecule has 0 aliphatic carbocycles. The number of nitrogens with two attached hydrogens (primary N) is 1. The summed E-state index contributed by atoms with van der Waals surface area (Å²) >= 11 is 0. The quantitative estimate of drug-likeness (QED) is 0.591. The second-order valence-corrected chi connectivity index (χ2v) is 3.37. The van der Waals surface area contributed by atoms with Gasteiger partial charge in [-0.05, 0) is 6.92 Å². The van der Waals surface area contributed by atoms with Crippen LogP contribution in [0.4, 0.5) is 0 Å². The first-order valence-corrected chi connectivity index (χ1v) is 4.83. The van der Waals surface area contributed by atoms with E-state index < -0.39 is 0 Å². The van der Waals surface area contributed by atoms with Crippen LogP contribution in [0.25, 0.3) is 0 Å². The van der Waals surface area contributed by atoms with E-state index in [4.69, 9.17) is 15.2 Å². The molecule has 1 aliphatic heterocycles. The SMILES string of the molecule is CC#CCNC1(CN)COCCOC1. The fourth-order valence-electron chi connectivity index (χ4n) is 1.31. The molecule has 80 valence electrons. The van der Waals surface area contributed by atoms with Gasteiger partial charge in [-0.25, -0.2) is 0 Å². The molecule has 4 nitrogen and oxygen atoms in total. The van der Waals surface area contributed by atoms with Crippen molar-refractivity contribution in [2.75, 3.05) is 39.5 Å². The Morgan fingerprint density at radius 1 is 1.36 bits per heavy atom. The smallest absolute Gasteiger partial charge is 0.0784 e. The van der Waals surface area contributed by atoms with E-state index in [2.05, 4.69) is 17.2 Å². The van der Waals surface area contributed by atoms with Crippen LogP contribution in [0.2, 0.25) is 0 Å². The van der Waals surface area contributed by atoms with E-state index in [9.17, 15) is 0 Å². The molecule has 1 saturated heterocycles. The van der Waals surface area contributed by atoms with Crippen molar-refractivity contribution in [1.29, 1.82) is 0 Å². The number of ether oxygens (including phenoxy) is 2. The van der Waals surface area contributed by atoms with Gasteiger partial charge in [-0.15, -0.1) is 5.92 Å². The van der Waals surface area contributed by atoms with E-state index >= 15 is 0 Å². The van der Waals surface area contributed by atoms with Crippen molar-refractivity contribution in [1.82, 2.24) is 5.32 Å². The van der Waals surface area contributed by atoms with Gasteiger partial charge in [0.15, 0.2) is 0 Å². The van der Waals surface area contributed by atoms with Crippen molar-refractivity contribution in [3.8, 4) is 11.8 Å². The molecule has 3 N–H and O–H groups in total. The van der Waals surface area contributed by atoms with Crippen LogP contribution in [0, 0.1) is 11.8 Å². The van der Waals surface area contributed by atoms with Crippen LogP contribution in [0.5, 0.6) is 0 Å². The molecule has 1 heterocycles. The largest absolute Gasteiger partial charge is 0.377 e. The molecule has 0 aromatic heterocycles. The van der Waals surface area contributed by atoms with Crippen molar-refractivity contribution in [3.05, 3.63) is 0 Å². The van der Waals surface area contributed by atoms with Gasteiger partial charge in [0.05, 0.1) is 38.5 Å². The van der Waals surface area contributed by atoms with Crippen LogP contribution in [0.1, 0.15) is 6.92 Å². The summed E-state index contributed by atoms with van der Waals surface area (Å²) in [6, 6.07) is 0. The van der Waals surface area contributed by atoms with Crippen LogP contribution < -0.4 is 11.1 Å². The number of hydrogen-bond donors (Lipinski definition) is 2. The second-order valence-electron chi connectivity index (χ2n) is 3.37. The minimum absolute atomic E-state index is 0.264. The highest BCUT2D eigenvalue weighted by molar-refractivity contribution is 5.01. The van der Waals surface area contributed by atoms with Gasteiger partial charge in [0, 0.05) is 6.54 Å². The van der Waals surface area contributed by atoms with Gasteiger partial charge < -0.3 is 15.2 Å². The van der Waals surface area contributed by atoms with E-state index in [1.54, 1.807) is 0 Å². The molecule has 0 saturated carbocycles. The average Bonchev–Trinajstić information content (AvgIpc) is 2.45. The van der Waals surface area contributed by atoms with Crippen LogP contribution >= 0.6 is 0 Å². The topological polar surface area (TPSA) is 56.5 Å². The molecular weight excluding hydrogens is 180 g/mol. The Kier molecular flexibility index (Phi) is 4.91. The molecule has 0 radical (unpaired) electrons. The summed E-state index contributed by atoms with van der Waals surface area (Å²) in [4.78, 5) is 0. The fourth-order valence-corrected chi connectivity index (χ4v) is 1.31. The van der Waals surface area contributed by atoms with E-state index in [0.29, 0.717) is 39.5 Å². The lowest BCUT2D eigenvalue weighted by atomic mass is 10.0. The van der Waals surface area contributed by atoms with Gasteiger partial charge in [-0.2, -0.15) is 0 Å². The normalized spacial score (nSPS) is 20.7. The highest BCUT2D eigenvalue weighted by atomic mass is 16.5. The zero-order valence-electron chi connectivity index (χ0n) is 8.64. The predicted molar refractivity (Wildman–Crippen MR) is 54.9 cm³/mol. The monoisotopic (exact) mass is 198 g/mol. The minimum Gasteiger partial charge on any atom is -0.377 e. The van der Waals surface area contributed by atoms with E-state index in [1.165, 1.54) is 0 Å². The Labute approximate surface area is 85.1 Å². The maximum absolute atomic E-state index is 5.72. The summed E-state index contributed by atoms with van der Waals surface area (Å²) in [5.41, 5.74) is 5.46. The summed E-state index contributed by atoms with van der Waals surface area (Å²) < 4.78 is 10.8. The Balaban J connectivity index is 2.47. The molecule has 0 amide bonds. The first-order chi connectivity index (χ1) is 6.83. The third kappa shape index (κ3) is 3.28. The molecule has 1 rings (SSSR count). The molecule has 0 atom stereocenters. The molecule has 0 bridgehead atoms. The molecule has 0 aromatic rings. The van der Waals surface area contributed by atoms with E-state index in [0.717, 1.165) is 0 Å². The lowest BCUT2D eigenvalue weighted by Crippen LogP contribution is -2.57. The molecule has 1 fully saturated rings. The van der Waals surface area contributed by atoms with Crippen LogP contribution in [-0.2, 0) is 9.47 Å². The van der Waals surface area contributed by atoms with Gasteiger partial charge in [0.25, 0.3) is 0 Å². The number of nitrogens with one attached hydrogen (secondary N) is 1. The van der Waals surface area contributed by atoms with Gasteiger partial charge in [0.2, 0.25) is 0 Å². The molecule has 0 aromatic carbocycles. The van der Waals surface area contributed by atoms with Gasteiger partial charge in [-0.3, -0.25) is 5.32 Å². The molecule has 0 spiro atoms. The Bertz CT molecular complexity index is 212. The van der Waals surface area contributed by atoms with Crippen molar-refractivity contribution in [2.45, 2.75) is 12.5 Å². The third-order valence-corrected chi connectivity index (χ3v) is 2.25. The van der Waals surface area contributed by atoms with Gasteiger partial charge >= 0.3 is 0 Å². The predicted octanol–water partition coefficient (Wildman–Crippen LogP) is -0.656. The first-order valence-electron chi connectivity index (χ1n) is 4.83. The van der Waals surface area contributed by atoms with Crippen molar-refractivity contribution < 1.29 is 9.47 Å². The molecule has 14 heavy (non-hydrogen) atoms. The van der Waals surface area contributed by atoms with Crippen molar-refractivity contribution >= 4 is 0 Å². The van der Waals surface area contributed by atoms with Crippen LogP contribution in [0.15, 0.2) is 0 Å². The molecule has 4 heteroatoms. The molecule has 1 aliphatic rings. The van der Waals surface area contributed by atoms with E-state index in [-0.39, 0.29) is 5.54 Å². The lowest BCUT2D eigenvalue weighted by Gasteiger charge is -2.30. The zero-order valence-corrected chi connectivity index (χ0v) is 8.64. The van der Waals surface area contributed by atoms with Crippen LogP contribution in [-0.4, -0.2) is 45.1 Å². The minimum atomic E-state index is -0.264. The highest BCUT2D eigenvalue weighted by Crippen LogP contribution is 2.08. The zero-order chi connectivity index (χ0) is 10.3. The summed E-state index contributed by atoms with van der Waals surface area (Å²) in [6.07, 6.45) is 0. The summed E-state index contributed by atoms with van der Waals surface area (Å²) in [5, 5.41) is 3.28. The highest BCUT2D eigenvalue weighted by Gasteiger charge is 2.30. The third-order valence-electron chi connectivity index (χ3n) is 2.25. The van der Waals surface area contributed by atoms with Gasteiger partial charge in [-0.1, -0.05) is 5.92 Å². The Morgan fingerprint density at radius 2 is 2.00 bits per heavy atom. The molecule has 0 unspecified atom stereocenters. The second kappa shape index (κ2) is 5.99. The molecular formula is C10H18N2O2. The van der Waals surface area contributed by atoms with Gasteiger partial charge in [0.1, 0.15) is 0 Å². The lowest BCUT2D eigenvalue weighted by molar-refractivity contribution is 0.0948. The van der Waals surface area contributed by atoms with E-state index in [1.807, 2.05) is 6.92 Å². The summed E-state index contributed by atoms with van der Waals surface area (Å²) in [7, 11) is 0. The first kappa shape index (κ1) is 11.5. The summed E-state index contributed by atoms with van der Waals surface area (Å²) in [5.74, 6) is 5.78. The number of rotatable bonds is 3.